The number of nitrogens with one attached hydrogen (secondary N) is 1. The summed E-state index contributed by atoms with van der Waals surface area (Å²) in [7, 11) is -4.17. The van der Waals surface area contributed by atoms with Crippen molar-refractivity contribution >= 4 is 45.3 Å². The van der Waals surface area contributed by atoms with E-state index in [-0.39, 0.29) is 21.9 Å². The van der Waals surface area contributed by atoms with E-state index in [0.29, 0.717) is 5.75 Å². The van der Waals surface area contributed by atoms with Crippen LogP contribution in [-0.4, -0.2) is 48.6 Å². The van der Waals surface area contributed by atoms with E-state index >= 15 is 0 Å². The molecule has 0 aliphatic rings. The molecule has 0 radical (unpaired) electrons. The van der Waals surface area contributed by atoms with E-state index in [1.165, 1.54) is 11.8 Å². The second kappa shape index (κ2) is 7.82. The third-order valence-corrected chi connectivity index (χ3v) is 5.13. The molecule has 1 rings (SSSR count). The number of sulfonamides is 1. The number of thioether (sulfide) groups is 1. The molecule has 0 unspecified atom stereocenters. The first kappa shape index (κ1) is 18.8. The maximum absolute atomic E-state index is 12.2. The predicted molar refractivity (Wildman–Crippen MR) is 83.2 cm³/mol. The normalized spacial score (nSPS) is 12.8. The minimum Gasteiger partial charge on any atom is -0.480 e. The van der Waals surface area contributed by atoms with Gasteiger partial charge >= 0.3 is 11.9 Å². The fourth-order valence-corrected chi connectivity index (χ4v) is 3.48. The third kappa shape index (κ3) is 4.87. The number of hydrogen-bond donors (Lipinski definition) is 3. The SMILES string of the molecule is CSCC[C@H](NS(=O)(=O)c1ccc(Cl)c(C(=O)O)c1)C(=O)O. The van der Waals surface area contributed by atoms with Crippen molar-refractivity contribution < 1.29 is 28.2 Å². The zero-order valence-corrected chi connectivity index (χ0v) is 13.8. The Morgan fingerprint density at radius 2 is 2.00 bits per heavy atom. The molecular weight excluding hydrogens is 354 g/mol. The Labute approximate surface area is 136 Å². The molecule has 22 heavy (non-hydrogen) atoms. The van der Waals surface area contributed by atoms with Crippen LogP contribution < -0.4 is 4.72 Å². The van der Waals surface area contributed by atoms with Crippen molar-refractivity contribution in [3.05, 3.63) is 28.8 Å². The molecule has 3 N–H and O–H groups in total. The average Bonchev–Trinajstić information content (AvgIpc) is 2.43. The first-order valence-electron chi connectivity index (χ1n) is 5.96. The number of hydrogen-bond acceptors (Lipinski definition) is 5. The van der Waals surface area contributed by atoms with E-state index < -0.39 is 28.0 Å². The molecule has 0 aliphatic heterocycles. The summed E-state index contributed by atoms with van der Waals surface area (Å²) in [6, 6.07) is 1.85. The number of carboxylic acid groups (broad SMARTS) is 2. The molecule has 0 spiro atoms. The van der Waals surface area contributed by atoms with Gasteiger partial charge in [-0.05, 0) is 36.6 Å². The van der Waals surface area contributed by atoms with E-state index in [1.807, 2.05) is 0 Å². The zero-order chi connectivity index (χ0) is 16.9. The van der Waals surface area contributed by atoms with Gasteiger partial charge in [-0.1, -0.05) is 11.6 Å². The molecule has 1 aromatic carbocycles. The fraction of sp³-hybridized carbons (Fsp3) is 0.333. The number of benzene rings is 1. The third-order valence-electron chi connectivity index (χ3n) is 2.68. The molecular formula is C12H14ClNO6S2. The molecule has 0 fully saturated rings. The largest absolute Gasteiger partial charge is 0.480 e. The maximum Gasteiger partial charge on any atom is 0.337 e. The standard InChI is InChI=1S/C12H14ClNO6S2/c1-21-5-4-10(12(17)18)14-22(19,20)7-2-3-9(13)8(6-7)11(15)16/h2-3,6,10,14H,4-5H2,1H3,(H,15,16)(H,17,18)/t10-/m0/s1. The molecule has 0 bridgehead atoms. The number of carboxylic acids is 2. The van der Waals surface area contributed by atoms with Gasteiger partial charge in [0.15, 0.2) is 0 Å². The van der Waals surface area contributed by atoms with Crippen molar-refractivity contribution in [1.29, 1.82) is 0 Å². The maximum atomic E-state index is 12.2. The predicted octanol–water partition coefficient (Wildman–Crippen LogP) is 1.52. The second-order valence-corrected chi connectivity index (χ2v) is 7.35. The van der Waals surface area contributed by atoms with Crippen LogP contribution in [0.5, 0.6) is 0 Å². The molecule has 0 aromatic heterocycles. The topological polar surface area (TPSA) is 121 Å². The van der Waals surface area contributed by atoms with Gasteiger partial charge in [-0.15, -0.1) is 0 Å². The van der Waals surface area contributed by atoms with Crippen LogP contribution in [0.4, 0.5) is 0 Å². The number of aromatic carboxylic acids is 1. The molecule has 7 nitrogen and oxygen atoms in total. The summed E-state index contributed by atoms with van der Waals surface area (Å²) in [6.07, 6.45) is 1.88. The second-order valence-electron chi connectivity index (χ2n) is 4.24. The highest BCUT2D eigenvalue weighted by molar-refractivity contribution is 7.98. The molecule has 0 aliphatic carbocycles. The van der Waals surface area contributed by atoms with Gasteiger partial charge in [0.1, 0.15) is 6.04 Å². The van der Waals surface area contributed by atoms with E-state index in [1.54, 1.807) is 6.26 Å². The lowest BCUT2D eigenvalue weighted by Gasteiger charge is -2.14. The summed E-state index contributed by atoms with van der Waals surface area (Å²) >= 11 is 7.06. The molecule has 1 aromatic rings. The molecule has 10 heteroatoms. The van der Waals surface area contributed by atoms with Crippen LogP contribution in [0.15, 0.2) is 23.1 Å². The van der Waals surface area contributed by atoms with Crippen molar-refractivity contribution in [2.45, 2.75) is 17.4 Å². The van der Waals surface area contributed by atoms with Crippen LogP contribution in [0, 0.1) is 0 Å². The zero-order valence-electron chi connectivity index (χ0n) is 11.4. The van der Waals surface area contributed by atoms with Crippen molar-refractivity contribution in [2.75, 3.05) is 12.0 Å². The number of carbonyl (C=O) groups is 2. The quantitative estimate of drug-likeness (QED) is 0.636. The molecule has 0 saturated carbocycles. The monoisotopic (exact) mass is 367 g/mol. The lowest BCUT2D eigenvalue weighted by atomic mass is 10.2. The Morgan fingerprint density at radius 1 is 1.36 bits per heavy atom. The highest BCUT2D eigenvalue weighted by Crippen LogP contribution is 2.21. The van der Waals surface area contributed by atoms with E-state index in [0.717, 1.165) is 18.2 Å². The van der Waals surface area contributed by atoms with Gasteiger partial charge in [-0.25, -0.2) is 13.2 Å². The van der Waals surface area contributed by atoms with Gasteiger partial charge in [0.25, 0.3) is 0 Å². The van der Waals surface area contributed by atoms with Gasteiger partial charge < -0.3 is 10.2 Å². The molecule has 122 valence electrons. The van der Waals surface area contributed by atoms with Crippen molar-refractivity contribution in [2.24, 2.45) is 0 Å². The average molecular weight is 368 g/mol. The molecule has 0 heterocycles. The summed E-state index contributed by atoms with van der Waals surface area (Å²) in [5, 5.41) is 17.9. The molecule has 1 atom stereocenters. The Bertz CT molecular complexity index is 676. The highest BCUT2D eigenvalue weighted by Gasteiger charge is 2.26. The Morgan fingerprint density at radius 3 is 2.50 bits per heavy atom. The van der Waals surface area contributed by atoms with Crippen LogP contribution in [0.1, 0.15) is 16.8 Å². The summed E-state index contributed by atoms with van der Waals surface area (Å²) in [5.41, 5.74) is -0.375. The number of halogens is 1. The Kier molecular flexibility index (Phi) is 6.66. The first-order valence-corrected chi connectivity index (χ1v) is 9.21. The van der Waals surface area contributed by atoms with Crippen LogP contribution in [0.2, 0.25) is 5.02 Å². The van der Waals surface area contributed by atoms with Crippen LogP contribution in [-0.2, 0) is 14.8 Å². The summed E-state index contributed by atoms with van der Waals surface area (Å²) < 4.78 is 26.4. The lowest BCUT2D eigenvalue weighted by molar-refractivity contribution is -0.139. The van der Waals surface area contributed by atoms with Gasteiger partial charge in [-0.2, -0.15) is 16.5 Å². The Balaban J connectivity index is 3.10. The fourth-order valence-electron chi connectivity index (χ4n) is 1.56. The molecule has 0 saturated heterocycles. The van der Waals surface area contributed by atoms with Crippen molar-refractivity contribution in [3.8, 4) is 0 Å². The van der Waals surface area contributed by atoms with Gasteiger partial charge in [0, 0.05) is 0 Å². The Hall–Kier alpha value is -1.29. The first-order chi connectivity index (χ1) is 10.2. The van der Waals surface area contributed by atoms with E-state index in [4.69, 9.17) is 21.8 Å². The minimum absolute atomic E-state index is 0.106. The van der Waals surface area contributed by atoms with Crippen LogP contribution in [0.25, 0.3) is 0 Å². The van der Waals surface area contributed by atoms with Crippen LogP contribution in [0.3, 0.4) is 0 Å². The lowest BCUT2D eigenvalue weighted by Crippen LogP contribution is -2.41. The van der Waals surface area contributed by atoms with Crippen molar-refractivity contribution in [3.63, 3.8) is 0 Å². The van der Waals surface area contributed by atoms with Gasteiger partial charge in [0.2, 0.25) is 10.0 Å². The highest BCUT2D eigenvalue weighted by atomic mass is 35.5. The summed E-state index contributed by atoms with van der Waals surface area (Å²) in [5.74, 6) is -2.22. The number of aliphatic carboxylic acids is 1. The smallest absolute Gasteiger partial charge is 0.337 e. The summed E-state index contributed by atoms with van der Waals surface area (Å²) in [4.78, 5) is 21.7. The van der Waals surface area contributed by atoms with E-state index in [9.17, 15) is 18.0 Å². The van der Waals surface area contributed by atoms with Gasteiger partial charge in [0.05, 0.1) is 15.5 Å². The molecule has 0 amide bonds. The number of rotatable bonds is 8. The summed E-state index contributed by atoms with van der Waals surface area (Å²) in [6.45, 7) is 0. The minimum atomic E-state index is -4.17. The van der Waals surface area contributed by atoms with E-state index in [2.05, 4.69) is 4.72 Å². The van der Waals surface area contributed by atoms with Crippen molar-refractivity contribution in [1.82, 2.24) is 4.72 Å². The van der Waals surface area contributed by atoms with Gasteiger partial charge in [-0.3, -0.25) is 4.79 Å². The van der Waals surface area contributed by atoms with Crippen LogP contribution >= 0.6 is 23.4 Å².